The summed E-state index contributed by atoms with van der Waals surface area (Å²) >= 11 is 1.92. The van der Waals surface area contributed by atoms with E-state index in [4.69, 9.17) is 16.4 Å². The van der Waals surface area contributed by atoms with Gasteiger partial charge in [0.15, 0.2) is 5.84 Å². The summed E-state index contributed by atoms with van der Waals surface area (Å²) in [7, 11) is 0. The second-order valence-electron chi connectivity index (χ2n) is 3.47. The molecule has 1 rings (SSSR count). The first-order valence-corrected chi connectivity index (χ1v) is 5.97. The van der Waals surface area contributed by atoms with Crippen molar-refractivity contribution in [2.24, 2.45) is 10.8 Å². The fraction of sp³-hybridized carbons (Fsp3) is 0.100. The number of non-ortho nitro benzene ring substituents is 1. The van der Waals surface area contributed by atoms with E-state index in [0.29, 0.717) is 14.8 Å². The minimum Gasteiger partial charge on any atom is -0.382 e. The van der Waals surface area contributed by atoms with Gasteiger partial charge in [-0.3, -0.25) is 20.9 Å². The summed E-state index contributed by atoms with van der Waals surface area (Å²) in [6, 6.07) is 4.44. The Morgan fingerprint density at radius 1 is 1.68 bits per heavy atom. The highest BCUT2D eigenvalue weighted by Gasteiger charge is 2.13. The number of hydrogen-bond acceptors (Lipinski definition) is 6. The van der Waals surface area contributed by atoms with Gasteiger partial charge in [-0.1, -0.05) is 0 Å². The zero-order valence-corrected chi connectivity index (χ0v) is 11.9. The number of rotatable bonds is 4. The van der Waals surface area contributed by atoms with Crippen molar-refractivity contribution in [1.29, 1.82) is 10.7 Å². The van der Waals surface area contributed by atoms with Crippen LogP contribution in [0.1, 0.15) is 5.56 Å². The van der Waals surface area contributed by atoms with E-state index in [1.807, 2.05) is 22.6 Å². The highest BCUT2D eigenvalue weighted by Crippen LogP contribution is 2.28. The molecule has 0 saturated carbocycles. The third-order valence-corrected chi connectivity index (χ3v) is 2.97. The molecule has 19 heavy (non-hydrogen) atoms. The molecule has 0 bridgehead atoms. The Kier molecular flexibility index (Phi) is 4.76. The van der Waals surface area contributed by atoms with Crippen LogP contribution in [-0.2, 0) is 0 Å². The number of benzene rings is 1. The Morgan fingerprint density at radius 3 is 2.74 bits per heavy atom. The van der Waals surface area contributed by atoms with Gasteiger partial charge >= 0.3 is 0 Å². The number of nitriles is 1. The predicted molar refractivity (Wildman–Crippen MR) is 79.1 cm³/mol. The van der Waals surface area contributed by atoms with Gasteiger partial charge in [-0.25, -0.2) is 0 Å². The molecular weight excluding hydrogens is 363 g/mol. The van der Waals surface area contributed by atoms with Gasteiger partial charge in [0.25, 0.3) is 5.69 Å². The van der Waals surface area contributed by atoms with Crippen LogP contribution in [0.3, 0.4) is 0 Å². The van der Waals surface area contributed by atoms with E-state index >= 15 is 0 Å². The second kappa shape index (κ2) is 6.10. The number of halogens is 1. The van der Waals surface area contributed by atoms with Crippen LogP contribution in [0.15, 0.2) is 17.2 Å². The highest BCUT2D eigenvalue weighted by atomic mass is 127. The van der Waals surface area contributed by atoms with Crippen molar-refractivity contribution in [2.75, 3.05) is 5.43 Å². The van der Waals surface area contributed by atoms with Crippen LogP contribution in [0.5, 0.6) is 0 Å². The summed E-state index contributed by atoms with van der Waals surface area (Å²) in [5.74, 6) is -0.454. The lowest BCUT2D eigenvalue weighted by Crippen LogP contribution is -2.22. The third-order valence-electron chi connectivity index (χ3n) is 2.12. The molecule has 0 saturated heterocycles. The average molecular weight is 372 g/mol. The highest BCUT2D eigenvalue weighted by molar-refractivity contribution is 14.1. The number of nitro benzene ring substituents is 1. The van der Waals surface area contributed by atoms with Crippen molar-refractivity contribution in [3.05, 3.63) is 31.4 Å². The standard InChI is InChI=1S/C10H9IN6O2/c1-5-2-6(17(18)19)3-7(11)9(5)16-15-8(4-12)10(13)14/h2-3,16H,1H3,(H3,13,14)/b15-8+. The molecule has 0 aromatic heterocycles. The predicted octanol–water partition coefficient (Wildman–Crippen LogP) is 1.74. The zero-order valence-electron chi connectivity index (χ0n) is 9.77. The van der Waals surface area contributed by atoms with Crippen molar-refractivity contribution in [3.8, 4) is 6.07 Å². The molecule has 0 aliphatic rings. The topological polar surface area (TPSA) is 141 Å². The molecule has 0 amide bonds. The molecule has 8 nitrogen and oxygen atoms in total. The zero-order chi connectivity index (χ0) is 14.6. The first-order valence-electron chi connectivity index (χ1n) is 4.89. The molecule has 0 spiro atoms. The monoisotopic (exact) mass is 372 g/mol. The largest absolute Gasteiger partial charge is 0.382 e. The van der Waals surface area contributed by atoms with Crippen LogP contribution in [0, 0.1) is 37.3 Å². The van der Waals surface area contributed by atoms with Crippen molar-refractivity contribution < 1.29 is 4.92 Å². The Labute approximate surface area is 122 Å². The van der Waals surface area contributed by atoms with Crippen molar-refractivity contribution in [2.45, 2.75) is 6.92 Å². The van der Waals surface area contributed by atoms with Crippen LogP contribution < -0.4 is 11.2 Å². The van der Waals surface area contributed by atoms with Crippen LogP contribution >= 0.6 is 22.6 Å². The molecule has 98 valence electrons. The molecular formula is C10H9IN6O2. The summed E-state index contributed by atoms with van der Waals surface area (Å²) in [6.07, 6.45) is 0. The molecule has 9 heteroatoms. The Morgan fingerprint density at radius 2 is 2.32 bits per heavy atom. The van der Waals surface area contributed by atoms with Crippen LogP contribution in [0.4, 0.5) is 11.4 Å². The number of aryl methyl sites for hydroxylation is 1. The number of nitrogens with zero attached hydrogens (tertiary/aromatic N) is 3. The third kappa shape index (κ3) is 3.62. The van der Waals surface area contributed by atoms with E-state index in [9.17, 15) is 10.1 Å². The SMILES string of the molecule is Cc1cc([N+](=O)[O-])cc(I)c1N/N=C(\C#N)C(=N)N. The van der Waals surface area contributed by atoms with Gasteiger partial charge in [-0.2, -0.15) is 10.4 Å². The number of amidine groups is 1. The van der Waals surface area contributed by atoms with Gasteiger partial charge in [0, 0.05) is 15.7 Å². The Hall–Kier alpha value is -2.22. The number of anilines is 1. The molecule has 1 aromatic carbocycles. The molecule has 4 N–H and O–H groups in total. The van der Waals surface area contributed by atoms with Gasteiger partial charge in [0.05, 0.1) is 10.6 Å². The fourth-order valence-corrected chi connectivity index (χ4v) is 2.10. The van der Waals surface area contributed by atoms with Gasteiger partial charge in [-0.15, -0.1) is 0 Å². The fourth-order valence-electron chi connectivity index (χ4n) is 1.23. The molecule has 0 fully saturated rings. The van der Waals surface area contributed by atoms with Crippen molar-refractivity contribution >= 4 is 45.5 Å². The maximum Gasteiger partial charge on any atom is 0.270 e. The average Bonchev–Trinajstić information content (AvgIpc) is 2.31. The van der Waals surface area contributed by atoms with E-state index in [2.05, 4.69) is 10.5 Å². The van der Waals surface area contributed by atoms with Crippen molar-refractivity contribution in [1.82, 2.24) is 0 Å². The number of nitrogens with two attached hydrogens (primary N) is 1. The summed E-state index contributed by atoms with van der Waals surface area (Å²) in [6.45, 7) is 1.67. The van der Waals surface area contributed by atoms with Gasteiger partial charge in [-0.05, 0) is 35.1 Å². The molecule has 0 unspecified atom stereocenters. The van der Waals surface area contributed by atoms with Crippen LogP contribution in [0.25, 0.3) is 0 Å². The summed E-state index contributed by atoms with van der Waals surface area (Å²) in [5, 5.41) is 30.2. The Bertz CT molecular complexity index is 596. The van der Waals surface area contributed by atoms with Gasteiger partial charge in [0.2, 0.25) is 5.71 Å². The number of hydrazone groups is 1. The van der Waals surface area contributed by atoms with Gasteiger partial charge in [0.1, 0.15) is 6.07 Å². The lowest BCUT2D eigenvalue weighted by atomic mass is 10.2. The first kappa shape index (κ1) is 14.8. The second-order valence-corrected chi connectivity index (χ2v) is 4.64. The maximum absolute atomic E-state index is 10.7. The van der Waals surface area contributed by atoms with E-state index < -0.39 is 10.8 Å². The van der Waals surface area contributed by atoms with Crippen LogP contribution in [0.2, 0.25) is 0 Å². The van der Waals surface area contributed by atoms with E-state index in [0.717, 1.165) is 0 Å². The number of nitrogens with one attached hydrogen (secondary N) is 2. The van der Waals surface area contributed by atoms with E-state index in [-0.39, 0.29) is 11.4 Å². The summed E-state index contributed by atoms with van der Waals surface area (Å²) in [5.41, 5.74) is 8.59. The van der Waals surface area contributed by atoms with Crippen LogP contribution in [-0.4, -0.2) is 16.5 Å². The normalized spacial score (nSPS) is 10.7. The molecule has 0 aliphatic heterocycles. The summed E-state index contributed by atoms with van der Waals surface area (Å²) < 4.78 is 0.578. The number of nitro groups is 1. The molecule has 0 radical (unpaired) electrons. The quantitative estimate of drug-likeness (QED) is 0.243. The number of hydrogen-bond donors (Lipinski definition) is 3. The Balaban J connectivity index is 3.14. The van der Waals surface area contributed by atoms with E-state index in [1.165, 1.54) is 12.1 Å². The van der Waals surface area contributed by atoms with Gasteiger partial charge < -0.3 is 5.73 Å². The van der Waals surface area contributed by atoms with Crippen molar-refractivity contribution in [3.63, 3.8) is 0 Å². The summed E-state index contributed by atoms with van der Waals surface area (Å²) in [4.78, 5) is 10.2. The smallest absolute Gasteiger partial charge is 0.270 e. The first-order chi connectivity index (χ1) is 8.86. The minimum atomic E-state index is -0.488. The molecule has 1 aromatic rings. The molecule has 0 atom stereocenters. The van der Waals surface area contributed by atoms with E-state index in [1.54, 1.807) is 13.0 Å². The minimum absolute atomic E-state index is 0.0245. The lowest BCUT2D eigenvalue weighted by Gasteiger charge is -2.08. The maximum atomic E-state index is 10.7. The lowest BCUT2D eigenvalue weighted by molar-refractivity contribution is -0.385. The molecule has 0 aliphatic carbocycles. The molecule has 0 heterocycles.